The molecule has 160 valence electrons. The molecule has 31 heavy (non-hydrogen) atoms. The second-order valence-electron chi connectivity index (χ2n) is 7.45. The van der Waals surface area contributed by atoms with Crippen LogP contribution in [0, 0.1) is 0 Å². The molecule has 6 nitrogen and oxygen atoms in total. The highest BCUT2D eigenvalue weighted by Crippen LogP contribution is 2.28. The summed E-state index contributed by atoms with van der Waals surface area (Å²) in [6.45, 7) is 4.16. The molecule has 1 unspecified atom stereocenters. The Hall–Kier alpha value is -2.83. The molecule has 4 rings (SSSR count). The standard InChI is InChI=1S/C23H22Cl2N4O2/c1-16(29-22(30)10-9-21(26-29)17-5-3-2-4-6-17)23(31)28-13-11-27(12-14-28)18-7-8-19(24)20(25)15-18/h2-10,15-16H,11-14H2,1H3. The number of piperazine rings is 1. The van der Waals surface area contributed by atoms with Crippen LogP contribution in [0.5, 0.6) is 0 Å². The number of carbonyl (C=O) groups excluding carboxylic acids is 1. The van der Waals surface area contributed by atoms with Gasteiger partial charge in [0, 0.05) is 43.5 Å². The van der Waals surface area contributed by atoms with Crippen LogP contribution in [0.25, 0.3) is 11.3 Å². The molecule has 0 bridgehead atoms. The molecular formula is C23H22Cl2N4O2. The van der Waals surface area contributed by atoms with Gasteiger partial charge >= 0.3 is 0 Å². The van der Waals surface area contributed by atoms with Crippen molar-refractivity contribution >= 4 is 34.8 Å². The lowest BCUT2D eigenvalue weighted by Gasteiger charge is -2.37. The fourth-order valence-electron chi connectivity index (χ4n) is 3.70. The van der Waals surface area contributed by atoms with Crippen LogP contribution in [0.3, 0.4) is 0 Å². The van der Waals surface area contributed by atoms with E-state index in [1.807, 2.05) is 42.5 Å². The summed E-state index contributed by atoms with van der Waals surface area (Å²) in [5.74, 6) is -0.117. The monoisotopic (exact) mass is 456 g/mol. The molecule has 1 aliphatic heterocycles. The number of amides is 1. The third-order valence-electron chi connectivity index (χ3n) is 5.48. The number of hydrogen-bond donors (Lipinski definition) is 0. The van der Waals surface area contributed by atoms with Gasteiger partial charge in [-0.15, -0.1) is 0 Å². The predicted molar refractivity (Wildman–Crippen MR) is 124 cm³/mol. The summed E-state index contributed by atoms with van der Waals surface area (Å²) in [4.78, 5) is 29.5. The van der Waals surface area contributed by atoms with Gasteiger partial charge in [-0.25, -0.2) is 4.68 Å². The Labute approximate surface area is 190 Å². The molecule has 1 atom stereocenters. The first-order valence-electron chi connectivity index (χ1n) is 10.1. The van der Waals surface area contributed by atoms with Gasteiger partial charge in [0.15, 0.2) is 0 Å². The van der Waals surface area contributed by atoms with Crippen molar-refractivity contribution in [2.45, 2.75) is 13.0 Å². The average molecular weight is 457 g/mol. The number of rotatable bonds is 4. The molecule has 2 heterocycles. The van der Waals surface area contributed by atoms with E-state index in [9.17, 15) is 9.59 Å². The van der Waals surface area contributed by atoms with E-state index in [0.29, 0.717) is 41.9 Å². The summed E-state index contributed by atoms with van der Waals surface area (Å²) in [6.07, 6.45) is 0. The molecule has 2 aromatic carbocycles. The average Bonchev–Trinajstić information content (AvgIpc) is 2.81. The fraction of sp³-hybridized carbons (Fsp3) is 0.261. The fourth-order valence-corrected chi connectivity index (χ4v) is 3.99. The van der Waals surface area contributed by atoms with E-state index in [1.54, 1.807) is 24.0 Å². The van der Waals surface area contributed by atoms with Crippen LogP contribution < -0.4 is 10.5 Å². The van der Waals surface area contributed by atoms with Gasteiger partial charge in [-0.05, 0) is 31.2 Å². The number of halogens is 2. The maximum absolute atomic E-state index is 13.1. The van der Waals surface area contributed by atoms with Crippen molar-refractivity contribution in [3.63, 3.8) is 0 Å². The van der Waals surface area contributed by atoms with E-state index in [2.05, 4.69) is 10.00 Å². The van der Waals surface area contributed by atoms with Gasteiger partial charge in [-0.3, -0.25) is 9.59 Å². The molecule has 0 radical (unpaired) electrons. The van der Waals surface area contributed by atoms with E-state index < -0.39 is 6.04 Å². The Morgan fingerprint density at radius 1 is 0.935 bits per heavy atom. The smallest absolute Gasteiger partial charge is 0.267 e. The van der Waals surface area contributed by atoms with Gasteiger partial charge in [0.05, 0.1) is 15.7 Å². The number of anilines is 1. The van der Waals surface area contributed by atoms with Crippen LogP contribution in [0.15, 0.2) is 65.5 Å². The van der Waals surface area contributed by atoms with Crippen LogP contribution >= 0.6 is 23.2 Å². The van der Waals surface area contributed by atoms with Gasteiger partial charge in [0.1, 0.15) is 6.04 Å². The lowest BCUT2D eigenvalue weighted by atomic mass is 10.1. The molecule has 0 N–H and O–H groups in total. The van der Waals surface area contributed by atoms with Gasteiger partial charge in [-0.1, -0.05) is 53.5 Å². The minimum absolute atomic E-state index is 0.117. The molecule has 1 saturated heterocycles. The Morgan fingerprint density at radius 3 is 2.32 bits per heavy atom. The minimum Gasteiger partial charge on any atom is -0.368 e. The van der Waals surface area contributed by atoms with Gasteiger partial charge in [-0.2, -0.15) is 5.10 Å². The van der Waals surface area contributed by atoms with Crippen LogP contribution in [-0.2, 0) is 4.79 Å². The normalized spacial score (nSPS) is 15.1. The number of nitrogens with zero attached hydrogens (tertiary/aromatic N) is 4. The second kappa shape index (κ2) is 9.12. The van der Waals surface area contributed by atoms with Crippen LogP contribution in [-0.4, -0.2) is 46.8 Å². The first-order chi connectivity index (χ1) is 14.9. The molecule has 0 saturated carbocycles. The van der Waals surface area contributed by atoms with E-state index >= 15 is 0 Å². The Kier molecular flexibility index (Phi) is 6.30. The van der Waals surface area contributed by atoms with E-state index in [4.69, 9.17) is 23.2 Å². The van der Waals surface area contributed by atoms with Crippen molar-refractivity contribution in [3.8, 4) is 11.3 Å². The second-order valence-corrected chi connectivity index (χ2v) is 8.27. The van der Waals surface area contributed by atoms with Crippen LogP contribution in [0.1, 0.15) is 13.0 Å². The van der Waals surface area contributed by atoms with Crippen molar-refractivity contribution in [2.75, 3.05) is 31.1 Å². The third-order valence-corrected chi connectivity index (χ3v) is 6.22. The van der Waals surface area contributed by atoms with Gasteiger partial charge < -0.3 is 9.80 Å². The number of carbonyl (C=O) groups is 1. The summed E-state index contributed by atoms with van der Waals surface area (Å²) in [7, 11) is 0. The maximum atomic E-state index is 13.1. The number of benzene rings is 2. The summed E-state index contributed by atoms with van der Waals surface area (Å²) in [5, 5.41) is 5.48. The number of hydrogen-bond acceptors (Lipinski definition) is 4. The van der Waals surface area contributed by atoms with Crippen molar-refractivity contribution in [2.24, 2.45) is 0 Å². The quantitative estimate of drug-likeness (QED) is 0.592. The molecule has 1 aliphatic rings. The van der Waals surface area contributed by atoms with E-state index in [1.165, 1.54) is 10.7 Å². The SMILES string of the molecule is CC(C(=O)N1CCN(c2ccc(Cl)c(Cl)c2)CC1)n1nc(-c2ccccc2)ccc1=O. The van der Waals surface area contributed by atoms with Crippen molar-refractivity contribution in [1.82, 2.24) is 14.7 Å². The molecule has 1 fully saturated rings. The number of aromatic nitrogens is 2. The summed E-state index contributed by atoms with van der Waals surface area (Å²) in [6, 6.07) is 17.6. The highest BCUT2D eigenvalue weighted by atomic mass is 35.5. The van der Waals surface area contributed by atoms with Crippen LogP contribution in [0.4, 0.5) is 5.69 Å². The van der Waals surface area contributed by atoms with Crippen LogP contribution in [0.2, 0.25) is 10.0 Å². The zero-order valence-corrected chi connectivity index (χ0v) is 18.6. The molecule has 0 spiro atoms. The zero-order chi connectivity index (χ0) is 22.0. The molecule has 3 aromatic rings. The molecule has 8 heteroatoms. The Bertz CT molecular complexity index is 1140. The molecule has 1 aromatic heterocycles. The van der Waals surface area contributed by atoms with Crippen molar-refractivity contribution < 1.29 is 4.79 Å². The first kappa shape index (κ1) is 21.4. The largest absolute Gasteiger partial charge is 0.368 e. The summed E-state index contributed by atoms with van der Waals surface area (Å²) >= 11 is 12.1. The highest BCUT2D eigenvalue weighted by Gasteiger charge is 2.27. The summed E-state index contributed by atoms with van der Waals surface area (Å²) < 4.78 is 1.27. The van der Waals surface area contributed by atoms with E-state index in [0.717, 1.165) is 11.3 Å². The summed E-state index contributed by atoms with van der Waals surface area (Å²) in [5.41, 5.74) is 2.23. The van der Waals surface area contributed by atoms with Gasteiger partial charge in [0.2, 0.25) is 5.91 Å². The lowest BCUT2D eigenvalue weighted by Crippen LogP contribution is -2.51. The topological polar surface area (TPSA) is 58.4 Å². The lowest BCUT2D eigenvalue weighted by molar-refractivity contribution is -0.135. The Balaban J connectivity index is 1.47. The first-order valence-corrected chi connectivity index (χ1v) is 10.8. The zero-order valence-electron chi connectivity index (χ0n) is 17.0. The predicted octanol–water partition coefficient (Wildman–Crippen LogP) is 4.13. The van der Waals surface area contributed by atoms with Gasteiger partial charge in [0.25, 0.3) is 5.56 Å². The highest BCUT2D eigenvalue weighted by molar-refractivity contribution is 6.42. The maximum Gasteiger partial charge on any atom is 0.267 e. The van der Waals surface area contributed by atoms with E-state index in [-0.39, 0.29) is 11.5 Å². The molecule has 0 aliphatic carbocycles. The van der Waals surface area contributed by atoms with Crippen molar-refractivity contribution in [3.05, 3.63) is 81.1 Å². The van der Waals surface area contributed by atoms with Crippen molar-refractivity contribution in [1.29, 1.82) is 0 Å². The Morgan fingerprint density at radius 2 is 1.65 bits per heavy atom. The third kappa shape index (κ3) is 4.60. The minimum atomic E-state index is -0.687. The molecular weight excluding hydrogens is 435 g/mol. The molecule has 1 amide bonds.